The van der Waals surface area contributed by atoms with Gasteiger partial charge in [-0.3, -0.25) is 0 Å². The molecule has 0 aliphatic rings. The number of hydrogen-bond acceptors (Lipinski definition) is 3. The van der Waals surface area contributed by atoms with Gasteiger partial charge in [-0.1, -0.05) is 261 Å². The predicted molar refractivity (Wildman–Crippen MR) is 355 cm³/mol. The second-order valence-corrected chi connectivity index (χ2v) is 21.3. The standard InChI is InChI=1S/C81H59N3/c1-6-26-66(27-7-1)81(67-28-8-2-9-29-67,68-30-10-3-11-31-68)69-48-58-74(59-49-69)82(72-50-40-60(41-51-72)62-44-54-75(55-45-62)83(70-32-12-4-13-33-70)79-38-20-24-64-22-16-18-36-77(64)79)73-52-42-61(43-53-73)63-46-56-76(57-47-63)84(71-34-14-5-15-35-71)80-39-21-25-65-23-17-19-37-78(65)80/h1-59H. The molecule has 0 bridgehead atoms. The van der Waals surface area contributed by atoms with Crippen LogP contribution in [-0.4, -0.2) is 0 Å². The van der Waals surface area contributed by atoms with Gasteiger partial charge in [-0.25, -0.2) is 0 Å². The number of fused-ring (bicyclic) bond motifs is 2. The SMILES string of the molecule is c1ccc(N(c2ccc(-c3ccc(N(c4ccc(-c5ccc(N(c6ccccc6)c6cccc7ccccc67)cc5)cc4)c4ccc(C(c5ccccc5)(c5ccccc5)c5ccccc5)cc4)cc3)cc2)c2cccc3ccccc23)cc1. The zero-order chi connectivity index (χ0) is 56.1. The molecule has 0 atom stereocenters. The molecule has 0 radical (unpaired) electrons. The Bertz CT molecular complexity index is 4160. The Hall–Kier alpha value is -11.0. The highest BCUT2D eigenvalue weighted by molar-refractivity contribution is 6.00. The fourth-order valence-corrected chi connectivity index (χ4v) is 12.4. The van der Waals surface area contributed by atoms with Crippen LogP contribution in [0.4, 0.5) is 51.2 Å². The minimum absolute atomic E-state index is 0.568. The van der Waals surface area contributed by atoms with Crippen molar-refractivity contribution in [2.75, 3.05) is 14.7 Å². The summed E-state index contributed by atoms with van der Waals surface area (Å²) in [4.78, 5) is 7.09. The van der Waals surface area contributed by atoms with Crippen LogP contribution in [0.15, 0.2) is 358 Å². The van der Waals surface area contributed by atoms with Gasteiger partial charge in [0, 0.05) is 50.6 Å². The summed E-state index contributed by atoms with van der Waals surface area (Å²) in [5.41, 5.74) is 18.7. The van der Waals surface area contributed by atoms with Gasteiger partial charge < -0.3 is 14.7 Å². The summed E-state index contributed by atoms with van der Waals surface area (Å²) in [6.07, 6.45) is 0. The van der Waals surface area contributed by atoms with Crippen molar-refractivity contribution in [2.24, 2.45) is 0 Å². The predicted octanol–water partition coefficient (Wildman–Crippen LogP) is 22.1. The van der Waals surface area contributed by atoms with E-state index in [0.29, 0.717) is 0 Å². The fraction of sp³-hybridized carbons (Fsp3) is 0.0123. The van der Waals surface area contributed by atoms with Crippen LogP contribution in [0, 0.1) is 0 Å². The van der Waals surface area contributed by atoms with E-state index in [9.17, 15) is 0 Å². The van der Waals surface area contributed by atoms with Gasteiger partial charge >= 0.3 is 0 Å². The monoisotopic (exact) mass is 1070 g/mol. The highest BCUT2D eigenvalue weighted by Gasteiger charge is 2.38. The van der Waals surface area contributed by atoms with Crippen molar-refractivity contribution in [3.8, 4) is 22.3 Å². The van der Waals surface area contributed by atoms with Crippen molar-refractivity contribution in [2.45, 2.75) is 5.41 Å². The van der Waals surface area contributed by atoms with Crippen LogP contribution >= 0.6 is 0 Å². The zero-order valence-electron chi connectivity index (χ0n) is 46.4. The fourth-order valence-electron chi connectivity index (χ4n) is 12.4. The van der Waals surface area contributed by atoms with Gasteiger partial charge in [-0.15, -0.1) is 0 Å². The molecule has 14 aromatic rings. The van der Waals surface area contributed by atoms with Gasteiger partial charge in [0.2, 0.25) is 0 Å². The van der Waals surface area contributed by atoms with Gasteiger partial charge in [0.15, 0.2) is 0 Å². The van der Waals surface area contributed by atoms with Crippen LogP contribution in [0.25, 0.3) is 43.8 Å². The first-order chi connectivity index (χ1) is 41.7. The zero-order valence-corrected chi connectivity index (χ0v) is 46.4. The lowest BCUT2D eigenvalue weighted by atomic mass is 9.65. The smallest absolute Gasteiger partial charge is 0.0701 e. The number of nitrogens with zero attached hydrogens (tertiary/aromatic N) is 3. The molecular formula is C81H59N3. The van der Waals surface area contributed by atoms with E-state index >= 15 is 0 Å². The first-order valence-corrected chi connectivity index (χ1v) is 28.8. The Kier molecular flexibility index (Phi) is 13.9. The van der Waals surface area contributed by atoms with Crippen LogP contribution in [0.5, 0.6) is 0 Å². The Morgan fingerprint density at radius 3 is 0.738 bits per heavy atom. The van der Waals surface area contributed by atoms with E-state index in [1.807, 2.05) is 0 Å². The number of benzene rings is 14. The van der Waals surface area contributed by atoms with Crippen molar-refractivity contribution < 1.29 is 0 Å². The summed E-state index contributed by atoms with van der Waals surface area (Å²) in [6.45, 7) is 0. The average Bonchev–Trinajstić information content (AvgIpc) is 1.39. The van der Waals surface area contributed by atoms with E-state index in [-0.39, 0.29) is 0 Å². The van der Waals surface area contributed by atoms with E-state index < -0.39 is 5.41 Å². The molecule has 3 nitrogen and oxygen atoms in total. The molecule has 0 fully saturated rings. The van der Waals surface area contributed by atoms with Gasteiger partial charge in [0.1, 0.15) is 0 Å². The van der Waals surface area contributed by atoms with Crippen LogP contribution in [-0.2, 0) is 5.41 Å². The van der Waals surface area contributed by atoms with E-state index in [0.717, 1.165) is 73.4 Å². The van der Waals surface area contributed by atoms with Gasteiger partial charge in [-0.2, -0.15) is 0 Å². The number of para-hydroxylation sites is 2. The minimum Gasteiger partial charge on any atom is -0.311 e. The van der Waals surface area contributed by atoms with Crippen molar-refractivity contribution in [3.63, 3.8) is 0 Å². The maximum absolute atomic E-state index is 2.38. The molecule has 0 saturated heterocycles. The molecule has 14 rings (SSSR count). The largest absolute Gasteiger partial charge is 0.311 e. The van der Waals surface area contributed by atoms with Crippen molar-refractivity contribution in [1.82, 2.24) is 0 Å². The summed E-state index contributed by atoms with van der Waals surface area (Å²) in [5.74, 6) is 0. The van der Waals surface area contributed by atoms with E-state index in [2.05, 4.69) is 373 Å². The second-order valence-electron chi connectivity index (χ2n) is 21.3. The molecule has 0 heterocycles. The molecule has 0 unspecified atom stereocenters. The quantitative estimate of drug-likeness (QED) is 0.0948. The molecule has 84 heavy (non-hydrogen) atoms. The molecule has 0 saturated carbocycles. The molecule has 3 heteroatoms. The molecule has 0 aromatic heterocycles. The summed E-state index contributed by atoms with van der Waals surface area (Å²) in [5, 5.41) is 4.83. The summed E-state index contributed by atoms with van der Waals surface area (Å²) in [7, 11) is 0. The summed E-state index contributed by atoms with van der Waals surface area (Å²) in [6, 6.07) is 130. The van der Waals surface area contributed by atoms with Crippen LogP contribution in [0.3, 0.4) is 0 Å². The molecule has 0 aliphatic carbocycles. The minimum atomic E-state index is -0.568. The van der Waals surface area contributed by atoms with Gasteiger partial charge in [0.05, 0.1) is 16.8 Å². The lowest BCUT2D eigenvalue weighted by Crippen LogP contribution is -2.31. The second kappa shape index (κ2) is 22.9. The first kappa shape index (κ1) is 51.2. The Labute approximate surface area is 492 Å². The summed E-state index contributed by atoms with van der Waals surface area (Å²) < 4.78 is 0. The van der Waals surface area contributed by atoms with Crippen molar-refractivity contribution in [1.29, 1.82) is 0 Å². The normalized spacial score (nSPS) is 11.3. The number of rotatable bonds is 15. The Morgan fingerprint density at radius 2 is 0.405 bits per heavy atom. The van der Waals surface area contributed by atoms with E-state index in [1.54, 1.807) is 0 Å². The molecule has 0 amide bonds. The maximum atomic E-state index is 2.38. The third-order valence-corrected chi connectivity index (χ3v) is 16.4. The molecule has 398 valence electrons. The van der Waals surface area contributed by atoms with Crippen LogP contribution < -0.4 is 14.7 Å². The topological polar surface area (TPSA) is 9.72 Å². The highest BCUT2D eigenvalue weighted by atomic mass is 15.2. The van der Waals surface area contributed by atoms with E-state index in [4.69, 9.17) is 0 Å². The average molecular weight is 1070 g/mol. The third-order valence-electron chi connectivity index (χ3n) is 16.4. The van der Waals surface area contributed by atoms with Crippen LogP contribution in [0.2, 0.25) is 0 Å². The molecule has 0 aliphatic heterocycles. The first-order valence-electron chi connectivity index (χ1n) is 28.8. The molecule has 0 spiro atoms. The Balaban J connectivity index is 0.831. The van der Waals surface area contributed by atoms with E-state index in [1.165, 1.54) is 43.8 Å². The highest BCUT2D eigenvalue weighted by Crippen LogP contribution is 2.47. The van der Waals surface area contributed by atoms with Gasteiger partial charge in [0.25, 0.3) is 0 Å². The van der Waals surface area contributed by atoms with Crippen LogP contribution in [0.1, 0.15) is 22.3 Å². The molecular weight excluding hydrogens is 1010 g/mol. The van der Waals surface area contributed by atoms with Gasteiger partial charge in [-0.05, 0) is 152 Å². The number of anilines is 9. The number of hydrogen-bond donors (Lipinski definition) is 0. The maximum Gasteiger partial charge on any atom is 0.0701 e. The third kappa shape index (κ3) is 9.74. The lowest BCUT2D eigenvalue weighted by molar-refractivity contribution is 0.745. The summed E-state index contributed by atoms with van der Waals surface area (Å²) >= 11 is 0. The van der Waals surface area contributed by atoms with Crippen molar-refractivity contribution in [3.05, 3.63) is 380 Å². The van der Waals surface area contributed by atoms with Crippen molar-refractivity contribution >= 4 is 72.7 Å². The molecule has 0 N–H and O–H groups in total. The Morgan fingerprint density at radius 1 is 0.167 bits per heavy atom. The molecule has 14 aromatic carbocycles. The lowest BCUT2D eigenvalue weighted by Gasteiger charge is -2.37.